The van der Waals surface area contributed by atoms with Gasteiger partial charge >= 0.3 is 0 Å². The van der Waals surface area contributed by atoms with Crippen LogP contribution in [0.4, 0.5) is 0 Å². The van der Waals surface area contributed by atoms with E-state index in [1.807, 2.05) is 0 Å². The van der Waals surface area contributed by atoms with Gasteiger partial charge in [0.2, 0.25) is 0 Å². The van der Waals surface area contributed by atoms with Gasteiger partial charge in [0.05, 0.1) is 11.4 Å². The zero-order valence-corrected chi connectivity index (χ0v) is 24.4. The smallest absolute Gasteiger partial charge is 0.0547 e. The fourth-order valence-electron chi connectivity index (χ4n) is 5.98. The number of aromatic nitrogens is 1. The highest BCUT2D eigenvalue weighted by molar-refractivity contribution is 5.23. The molecule has 6 aliphatic rings. The van der Waals surface area contributed by atoms with Crippen molar-refractivity contribution in [3.05, 3.63) is 65.0 Å². The Balaban J connectivity index is 1.34. The quantitative estimate of drug-likeness (QED) is 0.374. The van der Waals surface area contributed by atoms with E-state index in [0.29, 0.717) is 0 Å². The summed E-state index contributed by atoms with van der Waals surface area (Å²) in [7, 11) is 0. The lowest BCUT2D eigenvalue weighted by atomic mass is 10.1. The third-order valence-corrected chi connectivity index (χ3v) is 8.28. The van der Waals surface area contributed by atoms with Crippen LogP contribution in [0.15, 0.2) is 42.5 Å². The summed E-state index contributed by atoms with van der Waals surface area (Å²) in [6, 6.07) is 15.9. The van der Waals surface area contributed by atoms with Crippen molar-refractivity contribution in [1.82, 2.24) is 45.9 Å². The summed E-state index contributed by atoms with van der Waals surface area (Å²) >= 11 is 0. The van der Waals surface area contributed by atoms with Crippen LogP contribution in [-0.4, -0.2) is 129 Å². The third kappa shape index (κ3) is 10.2. The number of hydrogen-bond donors (Lipinski definition) is 4. The van der Waals surface area contributed by atoms with Crippen LogP contribution in [0.5, 0.6) is 0 Å². The maximum Gasteiger partial charge on any atom is 0.0547 e. The van der Waals surface area contributed by atoms with Crippen LogP contribution >= 0.6 is 0 Å². The van der Waals surface area contributed by atoms with Crippen LogP contribution in [0.1, 0.15) is 22.5 Å². The van der Waals surface area contributed by atoms with Gasteiger partial charge in [0.25, 0.3) is 0 Å². The average molecular weight is 550 g/mol. The van der Waals surface area contributed by atoms with E-state index in [4.69, 9.17) is 4.98 Å². The molecule has 0 unspecified atom stereocenters. The van der Waals surface area contributed by atoms with Gasteiger partial charge in [-0.1, -0.05) is 30.3 Å². The van der Waals surface area contributed by atoms with Crippen LogP contribution < -0.4 is 21.3 Å². The SMILES string of the molecule is c1cc2cc(c1)CN1CCNCCN(CCNCC1)Cc1cccc(n1)CN1CCNCCN(CCNCC1)C2. The summed E-state index contributed by atoms with van der Waals surface area (Å²) in [6.45, 7) is 20.3. The molecule has 7 heterocycles. The highest BCUT2D eigenvalue weighted by Gasteiger charge is 2.14. The molecule has 9 nitrogen and oxygen atoms in total. The first kappa shape index (κ1) is 29.5. The Hall–Kier alpha value is -1.95. The van der Waals surface area contributed by atoms with Crippen molar-refractivity contribution in [2.75, 3.05) is 105 Å². The van der Waals surface area contributed by atoms with E-state index in [2.05, 4.69) is 83.3 Å². The highest BCUT2D eigenvalue weighted by Crippen LogP contribution is 2.12. The van der Waals surface area contributed by atoms with Gasteiger partial charge in [-0.25, -0.2) is 0 Å². The minimum atomic E-state index is 0.902. The lowest BCUT2D eigenvalue weighted by Crippen LogP contribution is -2.43. The molecule has 6 aliphatic heterocycles. The Morgan fingerprint density at radius 2 is 0.750 bits per heavy atom. The molecule has 0 amide bonds. The van der Waals surface area contributed by atoms with Crippen molar-refractivity contribution in [2.24, 2.45) is 0 Å². The molecule has 2 fully saturated rings. The molecule has 0 saturated carbocycles. The standard InChI is InChI=1S/C31H51N9/c1-3-28-23-29(4-1)25-38-17-9-34-13-21-40(22-14-35-10-18-38)27-31-6-2-5-30(36-31)26-39-19-11-32-7-15-37(24-28)16-8-33-12-20-39/h1-6,23,32-35H,7-22,24-27H2. The van der Waals surface area contributed by atoms with E-state index >= 15 is 0 Å². The minimum absolute atomic E-state index is 0.902. The Bertz CT molecular complexity index is 828. The van der Waals surface area contributed by atoms with E-state index in [1.54, 1.807) is 0 Å². The molecule has 0 atom stereocenters. The largest absolute Gasteiger partial charge is 0.314 e. The molecule has 8 bridgehead atoms. The number of benzene rings is 1. The molecule has 8 rings (SSSR count). The molecular formula is C31H51N9. The number of rotatable bonds is 0. The van der Waals surface area contributed by atoms with E-state index in [1.165, 1.54) is 22.5 Å². The molecule has 0 radical (unpaired) electrons. The maximum atomic E-state index is 5.11. The van der Waals surface area contributed by atoms with E-state index < -0.39 is 0 Å². The Morgan fingerprint density at radius 3 is 1.12 bits per heavy atom. The van der Waals surface area contributed by atoms with Gasteiger partial charge < -0.3 is 21.3 Å². The van der Waals surface area contributed by atoms with Crippen LogP contribution in [0.25, 0.3) is 0 Å². The summed E-state index contributed by atoms with van der Waals surface area (Å²) in [5.74, 6) is 0. The first-order valence-electron chi connectivity index (χ1n) is 15.5. The van der Waals surface area contributed by atoms with Gasteiger partial charge in [-0.15, -0.1) is 0 Å². The predicted molar refractivity (Wildman–Crippen MR) is 163 cm³/mol. The zero-order chi connectivity index (χ0) is 27.2. The molecule has 40 heavy (non-hydrogen) atoms. The van der Waals surface area contributed by atoms with Gasteiger partial charge in [-0.3, -0.25) is 24.6 Å². The van der Waals surface area contributed by atoms with Gasteiger partial charge in [-0.05, 0) is 23.3 Å². The molecule has 0 aliphatic carbocycles. The second-order valence-corrected chi connectivity index (χ2v) is 11.5. The second-order valence-electron chi connectivity index (χ2n) is 11.5. The van der Waals surface area contributed by atoms with Crippen LogP contribution in [-0.2, 0) is 26.2 Å². The topological polar surface area (TPSA) is 74.0 Å². The second kappa shape index (κ2) is 16.5. The predicted octanol–water partition coefficient (Wildman–Crippen LogP) is 0.389. The molecule has 1 aromatic heterocycles. The van der Waals surface area contributed by atoms with Gasteiger partial charge in [0, 0.05) is 131 Å². The number of nitrogens with one attached hydrogen (secondary N) is 4. The Morgan fingerprint density at radius 1 is 0.425 bits per heavy atom. The summed E-state index contributed by atoms with van der Waals surface area (Å²) < 4.78 is 0. The number of nitrogens with zero attached hydrogens (tertiary/aromatic N) is 5. The fourth-order valence-corrected chi connectivity index (χ4v) is 5.98. The summed E-state index contributed by atoms with van der Waals surface area (Å²) in [5, 5.41) is 14.9. The van der Waals surface area contributed by atoms with Crippen molar-refractivity contribution in [1.29, 1.82) is 0 Å². The summed E-state index contributed by atoms with van der Waals surface area (Å²) in [4.78, 5) is 15.4. The Kier molecular flexibility index (Phi) is 12.2. The van der Waals surface area contributed by atoms with Gasteiger partial charge in [-0.2, -0.15) is 0 Å². The minimum Gasteiger partial charge on any atom is -0.314 e. The van der Waals surface area contributed by atoms with Crippen molar-refractivity contribution >= 4 is 0 Å². The first-order valence-corrected chi connectivity index (χ1v) is 15.5. The molecule has 1 aromatic carbocycles. The molecule has 2 aromatic rings. The van der Waals surface area contributed by atoms with E-state index in [0.717, 1.165) is 131 Å². The highest BCUT2D eigenvalue weighted by atomic mass is 15.2. The fraction of sp³-hybridized carbons (Fsp3) is 0.645. The zero-order valence-electron chi connectivity index (χ0n) is 24.4. The van der Waals surface area contributed by atoms with Crippen molar-refractivity contribution in [3.8, 4) is 0 Å². The van der Waals surface area contributed by atoms with Gasteiger partial charge in [0.15, 0.2) is 0 Å². The van der Waals surface area contributed by atoms with Crippen LogP contribution in [0.3, 0.4) is 0 Å². The van der Waals surface area contributed by atoms with E-state index in [-0.39, 0.29) is 0 Å². The first-order chi connectivity index (χ1) is 19.8. The van der Waals surface area contributed by atoms with Crippen molar-refractivity contribution < 1.29 is 0 Å². The Labute approximate surface area is 241 Å². The summed E-state index contributed by atoms with van der Waals surface area (Å²) in [5.41, 5.74) is 5.20. The lowest BCUT2D eigenvalue weighted by Gasteiger charge is -2.28. The maximum absolute atomic E-state index is 5.11. The van der Waals surface area contributed by atoms with E-state index in [9.17, 15) is 0 Å². The molecular weight excluding hydrogens is 498 g/mol. The molecule has 4 N–H and O–H groups in total. The monoisotopic (exact) mass is 549 g/mol. The molecule has 2 saturated heterocycles. The summed E-state index contributed by atoms with van der Waals surface area (Å²) in [6.07, 6.45) is 0. The lowest BCUT2D eigenvalue weighted by molar-refractivity contribution is 0.227. The number of pyridine rings is 1. The molecule has 220 valence electrons. The molecule has 0 spiro atoms. The average Bonchev–Trinajstić information content (AvgIpc) is 2.94. The van der Waals surface area contributed by atoms with Crippen molar-refractivity contribution in [2.45, 2.75) is 26.2 Å². The number of hydrogen-bond acceptors (Lipinski definition) is 9. The molecule has 9 heteroatoms. The third-order valence-electron chi connectivity index (χ3n) is 8.28. The van der Waals surface area contributed by atoms with Crippen molar-refractivity contribution in [3.63, 3.8) is 0 Å². The van der Waals surface area contributed by atoms with Crippen LogP contribution in [0.2, 0.25) is 0 Å². The normalized spacial score (nSPS) is 28.6. The van der Waals surface area contributed by atoms with Gasteiger partial charge in [0.1, 0.15) is 0 Å². The van der Waals surface area contributed by atoms with Crippen LogP contribution in [0, 0.1) is 0 Å².